The summed E-state index contributed by atoms with van der Waals surface area (Å²) in [7, 11) is 0. The van der Waals surface area contributed by atoms with E-state index in [-0.39, 0.29) is 11.3 Å². The van der Waals surface area contributed by atoms with Gasteiger partial charge in [-0.2, -0.15) is 0 Å². The fourth-order valence-corrected chi connectivity index (χ4v) is 1.03. The normalized spacial score (nSPS) is 9.81. The number of hydrogen-bond donors (Lipinski definition) is 1. The third-order valence-electron chi connectivity index (χ3n) is 1.95. The Labute approximate surface area is 93.1 Å². The van der Waals surface area contributed by atoms with Gasteiger partial charge >= 0.3 is 11.9 Å². The van der Waals surface area contributed by atoms with Crippen molar-refractivity contribution in [1.29, 1.82) is 0 Å². The summed E-state index contributed by atoms with van der Waals surface area (Å²) in [5.41, 5.74) is 0.172. The zero-order chi connectivity index (χ0) is 12.0. The highest BCUT2D eigenvalue weighted by molar-refractivity contribution is 5.90. The Morgan fingerprint density at radius 2 is 2.19 bits per heavy atom. The molecule has 0 amide bonds. The number of pyridine rings is 1. The maximum Gasteiger partial charge on any atom is 0.354 e. The first-order valence-corrected chi connectivity index (χ1v) is 5.01. The van der Waals surface area contributed by atoms with Crippen molar-refractivity contribution < 1.29 is 19.4 Å². The smallest absolute Gasteiger partial charge is 0.354 e. The molecule has 1 rings (SSSR count). The first-order valence-electron chi connectivity index (χ1n) is 5.01. The van der Waals surface area contributed by atoms with Crippen molar-refractivity contribution in [2.75, 3.05) is 6.61 Å². The predicted molar refractivity (Wildman–Crippen MR) is 56.4 cm³/mol. The second-order valence-corrected chi connectivity index (χ2v) is 3.23. The number of aromatic carboxylic acids is 1. The molecule has 0 aliphatic carbocycles. The number of hydrogen-bond acceptors (Lipinski definition) is 4. The van der Waals surface area contributed by atoms with Gasteiger partial charge in [-0.05, 0) is 18.6 Å². The highest BCUT2D eigenvalue weighted by Gasteiger charge is 2.09. The molecule has 0 atom stereocenters. The summed E-state index contributed by atoms with van der Waals surface area (Å²) < 4.78 is 4.94. The SMILES string of the molecule is CCCCOC(=O)c1ccc(C(=O)O)nc1. The molecule has 0 fully saturated rings. The molecule has 16 heavy (non-hydrogen) atoms. The van der Waals surface area contributed by atoms with E-state index in [0.29, 0.717) is 6.61 Å². The van der Waals surface area contributed by atoms with Crippen molar-refractivity contribution in [3.05, 3.63) is 29.6 Å². The quantitative estimate of drug-likeness (QED) is 0.607. The molecule has 0 saturated heterocycles. The lowest BCUT2D eigenvalue weighted by molar-refractivity contribution is 0.0498. The fourth-order valence-electron chi connectivity index (χ4n) is 1.03. The van der Waals surface area contributed by atoms with E-state index in [1.165, 1.54) is 18.3 Å². The van der Waals surface area contributed by atoms with Crippen LogP contribution in [-0.4, -0.2) is 28.6 Å². The fraction of sp³-hybridized carbons (Fsp3) is 0.364. The molecular formula is C11H13NO4. The molecule has 5 nitrogen and oxygen atoms in total. The number of nitrogens with zero attached hydrogens (tertiary/aromatic N) is 1. The van der Waals surface area contributed by atoms with E-state index in [0.717, 1.165) is 12.8 Å². The summed E-state index contributed by atoms with van der Waals surface area (Å²) in [4.78, 5) is 25.5. The molecule has 1 aromatic heterocycles. The summed E-state index contributed by atoms with van der Waals surface area (Å²) in [6.07, 6.45) is 2.97. The Morgan fingerprint density at radius 3 is 2.69 bits per heavy atom. The Bertz CT molecular complexity index is 372. The van der Waals surface area contributed by atoms with Crippen LogP contribution in [0.1, 0.15) is 40.6 Å². The lowest BCUT2D eigenvalue weighted by Crippen LogP contribution is -2.08. The maximum atomic E-state index is 11.4. The lowest BCUT2D eigenvalue weighted by atomic mass is 10.2. The number of aromatic nitrogens is 1. The van der Waals surface area contributed by atoms with Crippen LogP contribution >= 0.6 is 0 Å². The Balaban J connectivity index is 2.59. The highest BCUT2D eigenvalue weighted by Crippen LogP contribution is 2.03. The van der Waals surface area contributed by atoms with Crippen molar-refractivity contribution in [1.82, 2.24) is 4.98 Å². The van der Waals surface area contributed by atoms with Gasteiger partial charge in [-0.25, -0.2) is 14.6 Å². The van der Waals surface area contributed by atoms with Crippen LogP contribution in [0.25, 0.3) is 0 Å². The van der Waals surface area contributed by atoms with Gasteiger partial charge in [0.05, 0.1) is 12.2 Å². The van der Waals surface area contributed by atoms with Gasteiger partial charge < -0.3 is 9.84 Å². The van der Waals surface area contributed by atoms with Crippen molar-refractivity contribution >= 4 is 11.9 Å². The molecule has 0 aromatic carbocycles. The van der Waals surface area contributed by atoms with Crippen LogP contribution < -0.4 is 0 Å². The average Bonchev–Trinajstić information content (AvgIpc) is 2.29. The summed E-state index contributed by atoms with van der Waals surface area (Å²) in [5, 5.41) is 8.61. The lowest BCUT2D eigenvalue weighted by Gasteiger charge is -2.03. The van der Waals surface area contributed by atoms with Gasteiger partial charge in [0.15, 0.2) is 0 Å². The van der Waals surface area contributed by atoms with Crippen molar-refractivity contribution in [3.63, 3.8) is 0 Å². The minimum atomic E-state index is -1.12. The third kappa shape index (κ3) is 3.34. The Hall–Kier alpha value is -1.91. The number of carboxylic acid groups (broad SMARTS) is 1. The van der Waals surface area contributed by atoms with Gasteiger partial charge in [0.25, 0.3) is 0 Å². The maximum absolute atomic E-state index is 11.4. The van der Waals surface area contributed by atoms with Gasteiger partial charge in [-0.15, -0.1) is 0 Å². The molecule has 0 saturated carbocycles. The van der Waals surface area contributed by atoms with Gasteiger partial charge in [-0.1, -0.05) is 13.3 Å². The van der Waals surface area contributed by atoms with Crippen LogP contribution in [0.3, 0.4) is 0 Å². The molecule has 0 aliphatic rings. The topological polar surface area (TPSA) is 76.5 Å². The molecule has 1 N–H and O–H groups in total. The number of carboxylic acids is 1. The van der Waals surface area contributed by atoms with Crippen LogP contribution in [0.15, 0.2) is 18.3 Å². The van der Waals surface area contributed by atoms with E-state index < -0.39 is 11.9 Å². The predicted octanol–water partition coefficient (Wildman–Crippen LogP) is 1.74. The average molecular weight is 223 g/mol. The van der Waals surface area contributed by atoms with Crippen molar-refractivity contribution in [2.45, 2.75) is 19.8 Å². The second-order valence-electron chi connectivity index (χ2n) is 3.23. The minimum Gasteiger partial charge on any atom is -0.477 e. The van der Waals surface area contributed by atoms with Crippen LogP contribution in [0.5, 0.6) is 0 Å². The Morgan fingerprint density at radius 1 is 1.44 bits per heavy atom. The summed E-state index contributed by atoms with van der Waals surface area (Å²) in [5.74, 6) is -1.59. The van der Waals surface area contributed by atoms with Crippen molar-refractivity contribution in [3.8, 4) is 0 Å². The number of carbonyl (C=O) groups excluding carboxylic acids is 1. The molecule has 0 spiro atoms. The van der Waals surface area contributed by atoms with Crippen LogP contribution in [0, 0.1) is 0 Å². The first-order chi connectivity index (χ1) is 7.65. The van der Waals surface area contributed by atoms with Gasteiger partial charge in [-0.3, -0.25) is 0 Å². The zero-order valence-electron chi connectivity index (χ0n) is 8.97. The zero-order valence-corrected chi connectivity index (χ0v) is 8.97. The summed E-state index contributed by atoms with van der Waals surface area (Å²) in [6.45, 7) is 2.37. The summed E-state index contributed by atoms with van der Waals surface area (Å²) >= 11 is 0. The van der Waals surface area contributed by atoms with Gasteiger partial charge in [0, 0.05) is 6.20 Å². The van der Waals surface area contributed by atoms with Crippen LogP contribution in [0.2, 0.25) is 0 Å². The Kier molecular flexibility index (Phi) is 4.44. The molecule has 0 bridgehead atoms. The van der Waals surface area contributed by atoms with E-state index in [1.807, 2.05) is 6.92 Å². The monoisotopic (exact) mass is 223 g/mol. The van der Waals surface area contributed by atoms with E-state index in [1.54, 1.807) is 0 Å². The van der Waals surface area contributed by atoms with Gasteiger partial charge in [0.2, 0.25) is 0 Å². The number of rotatable bonds is 5. The number of carbonyl (C=O) groups is 2. The van der Waals surface area contributed by atoms with E-state index in [9.17, 15) is 9.59 Å². The number of ether oxygens (including phenoxy) is 1. The number of unbranched alkanes of at least 4 members (excludes halogenated alkanes) is 1. The van der Waals surface area contributed by atoms with E-state index >= 15 is 0 Å². The summed E-state index contributed by atoms with van der Waals surface area (Å²) in [6, 6.07) is 2.67. The van der Waals surface area contributed by atoms with Gasteiger partial charge in [0.1, 0.15) is 5.69 Å². The van der Waals surface area contributed by atoms with Crippen LogP contribution in [-0.2, 0) is 4.74 Å². The molecule has 5 heteroatoms. The second kappa shape index (κ2) is 5.85. The van der Waals surface area contributed by atoms with E-state index in [4.69, 9.17) is 9.84 Å². The standard InChI is InChI=1S/C11H13NO4/c1-2-3-6-16-11(15)8-4-5-9(10(13)14)12-7-8/h4-5,7H,2-3,6H2,1H3,(H,13,14). The molecule has 86 valence electrons. The molecule has 1 heterocycles. The largest absolute Gasteiger partial charge is 0.477 e. The first kappa shape index (κ1) is 12.2. The molecular weight excluding hydrogens is 210 g/mol. The highest BCUT2D eigenvalue weighted by atomic mass is 16.5. The molecule has 0 unspecified atom stereocenters. The van der Waals surface area contributed by atoms with Crippen molar-refractivity contribution in [2.24, 2.45) is 0 Å². The number of esters is 1. The molecule has 0 radical (unpaired) electrons. The third-order valence-corrected chi connectivity index (χ3v) is 1.95. The van der Waals surface area contributed by atoms with Crippen LogP contribution in [0.4, 0.5) is 0 Å². The molecule has 1 aromatic rings. The van der Waals surface area contributed by atoms with E-state index in [2.05, 4.69) is 4.98 Å². The minimum absolute atomic E-state index is 0.0925. The molecule has 0 aliphatic heterocycles.